The predicted molar refractivity (Wildman–Crippen MR) is 230 cm³/mol. The summed E-state index contributed by atoms with van der Waals surface area (Å²) in [4.78, 5) is 36.9. The Morgan fingerprint density at radius 2 is 1.87 bits per heavy atom. The van der Waals surface area contributed by atoms with Gasteiger partial charge in [-0.25, -0.2) is 0 Å². The van der Waals surface area contributed by atoms with E-state index >= 15 is 0 Å². The Morgan fingerprint density at radius 3 is 2.58 bits per heavy atom. The average Bonchev–Trinajstić information content (AvgIpc) is 3.88. The van der Waals surface area contributed by atoms with Gasteiger partial charge in [0, 0.05) is 85.0 Å². The molecule has 3 aromatic rings. The van der Waals surface area contributed by atoms with E-state index in [2.05, 4.69) is 57.4 Å². The van der Waals surface area contributed by atoms with E-state index in [-0.39, 0.29) is 30.9 Å². The van der Waals surface area contributed by atoms with Crippen molar-refractivity contribution in [3.05, 3.63) is 70.9 Å². The molecule has 13 nitrogen and oxygen atoms in total. The number of aliphatic hydroxyl groups is 4. The molecule has 1 aromatic heterocycles. The minimum Gasteiger partial charge on any atom is -0.496 e. The summed E-state index contributed by atoms with van der Waals surface area (Å²) in [7, 11) is 5.00. The molecule has 4 aliphatic heterocycles. The molecule has 2 saturated heterocycles. The SMILES string of the molecule is CCC1(O)CC(CCc2cc3c(cc2OC)N(C)C2C34CCN3CC=C[C@](CC)(C34)[C@@H](O)[C@]2(O)C(=O)NCC(C)O)CN(CCc2c(CC(=O)OC)[nH]c3ccccc23)C1. The van der Waals surface area contributed by atoms with E-state index in [1.54, 1.807) is 14.0 Å². The number of aromatic nitrogens is 1. The number of aryl methyl sites for hydroxylation is 1. The van der Waals surface area contributed by atoms with Crippen molar-refractivity contribution in [3.63, 3.8) is 0 Å². The fourth-order valence-corrected chi connectivity index (χ4v) is 12.6. The van der Waals surface area contributed by atoms with Gasteiger partial charge in [0.2, 0.25) is 0 Å². The number of fused-ring (bicyclic) bond motifs is 2. The van der Waals surface area contributed by atoms with E-state index in [1.165, 1.54) is 7.11 Å². The second kappa shape index (κ2) is 16.0. The van der Waals surface area contributed by atoms with Gasteiger partial charge >= 0.3 is 5.97 Å². The van der Waals surface area contributed by atoms with Crippen molar-refractivity contribution in [2.45, 2.75) is 113 Å². The van der Waals surface area contributed by atoms with E-state index in [9.17, 15) is 30.0 Å². The number of amides is 1. The van der Waals surface area contributed by atoms with E-state index in [4.69, 9.17) is 9.47 Å². The smallest absolute Gasteiger partial charge is 0.311 e. The van der Waals surface area contributed by atoms with Crippen LogP contribution in [0.1, 0.15) is 75.3 Å². The third-order valence-electron chi connectivity index (χ3n) is 15.3. The van der Waals surface area contributed by atoms with Crippen LogP contribution >= 0.6 is 0 Å². The van der Waals surface area contributed by atoms with Gasteiger partial charge in [0.15, 0.2) is 5.60 Å². The molecule has 5 heterocycles. The summed E-state index contributed by atoms with van der Waals surface area (Å²) in [6, 6.07) is 11.5. The van der Waals surface area contributed by atoms with Crippen LogP contribution in [0.5, 0.6) is 5.75 Å². The minimum absolute atomic E-state index is 0.0437. The van der Waals surface area contributed by atoms with Crippen molar-refractivity contribution in [2.75, 3.05) is 65.4 Å². The number of nitrogens with one attached hydrogen (secondary N) is 2. The number of piperidine rings is 1. The number of esters is 1. The molecule has 1 amide bonds. The number of hydrogen-bond donors (Lipinski definition) is 6. The summed E-state index contributed by atoms with van der Waals surface area (Å²) < 4.78 is 11.1. The van der Waals surface area contributed by atoms with Crippen LogP contribution in [0.2, 0.25) is 0 Å². The van der Waals surface area contributed by atoms with Crippen molar-refractivity contribution in [2.24, 2.45) is 11.3 Å². The third-order valence-corrected chi connectivity index (χ3v) is 15.3. The van der Waals surface area contributed by atoms with Crippen LogP contribution in [0.15, 0.2) is 48.6 Å². The number of methoxy groups -OCH3 is 2. The molecule has 1 aliphatic carbocycles. The van der Waals surface area contributed by atoms with Gasteiger partial charge in [0.25, 0.3) is 5.91 Å². The summed E-state index contributed by atoms with van der Waals surface area (Å²) in [5, 5.41) is 51.3. The average molecular weight is 828 g/mol. The van der Waals surface area contributed by atoms with Crippen LogP contribution in [0.4, 0.5) is 5.69 Å². The van der Waals surface area contributed by atoms with Crippen LogP contribution < -0.4 is 15.0 Å². The number of aliphatic hydroxyl groups excluding tert-OH is 2. The second-order valence-corrected chi connectivity index (χ2v) is 18.6. The quantitative estimate of drug-likeness (QED) is 0.104. The molecule has 6 N–H and O–H groups in total. The number of H-pyrrole nitrogens is 1. The standard InChI is InChI=1S/C47H65N5O8/c1-7-44(57)25-30(27-51(28-44)20-16-33-32-12-9-10-13-35(32)49-36(33)23-39(54)60-6)14-15-31-22-34-37(24-38(31)59-5)50(4)41-46(34)18-21-52-19-11-17-45(8-2,40(46)52)42(55)47(41,58)43(56)48-26-29(3)53/h9-13,17,22,24,29-30,40-42,49,53,55,57-58H,7-8,14-16,18-21,23,25-28H2,1-6H3,(H,48,56)/t29?,30?,40?,41?,42-,44?,45-,46?,47+/m1/s1. The maximum atomic E-state index is 14.3. The number of carbonyl (C=O) groups excluding carboxylic acids is 2. The molecule has 3 fully saturated rings. The number of hydrogen-bond acceptors (Lipinski definition) is 11. The Balaban J connectivity index is 1.10. The van der Waals surface area contributed by atoms with E-state index < -0.39 is 46.2 Å². The first-order valence-corrected chi connectivity index (χ1v) is 22.0. The number of carbonyl (C=O) groups is 2. The van der Waals surface area contributed by atoms with Crippen LogP contribution in [-0.4, -0.2) is 143 Å². The third kappa shape index (κ3) is 6.66. The van der Waals surface area contributed by atoms with Gasteiger partial charge in [0.1, 0.15) is 11.9 Å². The largest absolute Gasteiger partial charge is 0.496 e. The van der Waals surface area contributed by atoms with Gasteiger partial charge in [0.05, 0.1) is 38.4 Å². The first-order valence-electron chi connectivity index (χ1n) is 22.0. The number of para-hydroxylation sites is 1. The highest BCUT2D eigenvalue weighted by molar-refractivity contribution is 5.90. The van der Waals surface area contributed by atoms with Gasteiger partial charge in [-0.1, -0.05) is 44.2 Å². The first kappa shape index (κ1) is 42.7. The number of likely N-dealkylation sites (N-methyl/N-ethyl adjacent to an activating group) is 1. The normalized spacial score (nSPS) is 32.7. The number of β-amino-alcohol motifs (C(OH)–C–C–N with tert-alkyl or cyclic N) is 1. The number of likely N-dealkylation sites (tertiary alicyclic amines) is 1. The lowest BCUT2D eigenvalue weighted by atomic mass is 9.47. The summed E-state index contributed by atoms with van der Waals surface area (Å²) in [5.74, 6) is -0.0243. The Bertz CT molecular complexity index is 2140. The number of ether oxygens (including phenoxy) is 2. The molecule has 0 radical (unpaired) electrons. The summed E-state index contributed by atoms with van der Waals surface area (Å²) >= 11 is 0. The van der Waals surface area contributed by atoms with Crippen molar-refractivity contribution < 1.29 is 39.5 Å². The topological polar surface area (TPSA) is 171 Å². The number of benzene rings is 2. The molecule has 326 valence electrons. The number of nitrogens with zero attached hydrogens (tertiary/aromatic N) is 3. The fourth-order valence-electron chi connectivity index (χ4n) is 12.6. The van der Waals surface area contributed by atoms with Crippen molar-refractivity contribution in [1.29, 1.82) is 0 Å². The monoisotopic (exact) mass is 827 g/mol. The zero-order chi connectivity index (χ0) is 42.8. The molecule has 0 bridgehead atoms. The van der Waals surface area contributed by atoms with Gasteiger partial charge in [-0.2, -0.15) is 0 Å². The Hall–Kier alpha value is -3.98. The minimum atomic E-state index is -2.19. The molecule has 1 saturated carbocycles. The van der Waals surface area contributed by atoms with E-state index in [0.717, 1.165) is 83.7 Å². The maximum absolute atomic E-state index is 14.3. The van der Waals surface area contributed by atoms with Crippen LogP contribution in [0.3, 0.4) is 0 Å². The Labute approximate surface area is 353 Å². The molecule has 5 aliphatic rings. The highest BCUT2D eigenvalue weighted by Gasteiger charge is 2.78. The first-order chi connectivity index (χ1) is 28.7. The highest BCUT2D eigenvalue weighted by Crippen LogP contribution is 2.67. The highest BCUT2D eigenvalue weighted by atomic mass is 16.5. The van der Waals surface area contributed by atoms with Crippen molar-refractivity contribution in [1.82, 2.24) is 20.1 Å². The Morgan fingerprint density at radius 1 is 1.08 bits per heavy atom. The lowest BCUT2D eigenvalue weighted by Crippen LogP contribution is -2.81. The molecule has 60 heavy (non-hydrogen) atoms. The maximum Gasteiger partial charge on any atom is 0.311 e. The van der Waals surface area contributed by atoms with Crippen LogP contribution in [0, 0.1) is 11.3 Å². The van der Waals surface area contributed by atoms with Crippen LogP contribution in [-0.2, 0) is 39.0 Å². The van der Waals surface area contributed by atoms with Crippen molar-refractivity contribution >= 4 is 28.5 Å². The molecule has 9 atom stereocenters. The van der Waals surface area contributed by atoms with E-state index in [0.29, 0.717) is 38.6 Å². The van der Waals surface area contributed by atoms with E-state index in [1.807, 2.05) is 37.1 Å². The Kier molecular flexibility index (Phi) is 11.4. The summed E-state index contributed by atoms with van der Waals surface area (Å²) in [6.07, 6.45) is 6.90. The molecule has 13 heteroatoms. The lowest BCUT2D eigenvalue weighted by molar-refractivity contribution is -0.203. The fraction of sp³-hybridized carbons (Fsp3) is 0.617. The molecule has 1 spiro atoms. The number of rotatable bonds is 14. The predicted octanol–water partition coefficient (Wildman–Crippen LogP) is 3.23. The molecule has 8 rings (SSSR count). The summed E-state index contributed by atoms with van der Waals surface area (Å²) in [5.41, 5.74) is 1.35. The second-order valence-electron chi connectivity index (χ2n) is 18.6. The lowest BCUT2D eigenvalue weighted by Gasteiger charge is -2.63. The van der Waals surface area contributed by atoms with Gasteiger partial charge in [-0.3, -0.25) is 19.4 Å². The van der Waals surface area contributed by atoms with Gasteiger partial charge in [-0.05, 0) is 93.2 Å². The number of anilines is 1. The molecular formula is C47H65N5O8. The zero-order valence-electron chi connectivity index (χ0n) is 36.2. The van der Waals surface area contributed by atoms with Crippen molar-refractivity contribution in [3.8, 4) is 5.75 Å². The van der Waals surface area contributed by atoms with Crippen LogP contribution in [0.25, 0.3) is 10.9 Å². The molecule has 2 aromatic carbocycles. The van der Waals surface area contributed by atoms with Gasteiger partial charge in [-0.15, -0.1) is 0 Å². The summed E-state index contributed by atoms with van der Waals surface area (Å²) in [6.45, 7) is 9.26. The number of aromatic amines is 1. The molecular weight excluding hydrogens is 763 g/mol. The zero-order valence-corrected chi connectivity index (χ0v) is 36.2. The molecule has 6 unspecified atom stereocenters. The van der Waals surface area contributed by atoms with Gasteiger partial charge < -0.3 is 45.1 Å².